The lowest BCUT2D eigenvalue weighted by molar-refractivity contribution is -0.136. The molecule has 0 aliphatic carbocycles. The Morgan fingerprint density at radius 2 is 1.94 bits per heavy atom. The smallest absolute Gasteiger partial charge is 0.307 e. The average molecular weight is 460 g/mol. The van der Waals surface area contributed by atoms with Crippen molar-refractivity contribution >= 4 is 49.1 Å². The van der Waals surface area contributed by atoms with Crippen molar-refractivity contribution in [1.29, 1.82) is 0 Å². The van der Waals surface area contributed by atoms with E-state index in [2.05, 4.69) is 4.98 Å². The number of hydrogen-bond donors (Lipinski definition) is 1. The van der Waals surface area contributed by atoms with Crippen LogP contribution in [0, 0.1) is 12.7 Å². The standard InChI is InChI=1S/C21H18FN3O4S2/c1-13-17(12-20(26)27)18-11-14(22)3-8-19(18)25(13)31(28,29)16-6-4-15(5-7-16)24(2)21-23-9-10-30-21/h3-11H,12H2,1-2H3,(H,26,27). The average Bonchev–Trinajstić information content (AvgIpc) is 3.35. The predicted molar refractivity (Wildman–Crippen MR) is 117 cm³/mol. The minimum absolute atomic E-state index is 0.0370. The summed E-state index contributed by atoms with van der Waals surface area (Å²) in [6, 6.07) is 10.00. The number of rotatable bonds is 6. The highest BCUT2D eigenvalue weighted by molar-refractivity contribution is 7.90. The molecule has 0 aliphatic heterocycles. The Morgan fingerprint density at radius 1 is 1.23 bits per heavy atom. The summed E-state index contributed by atoms with van der Waals surface area (Å²) in [6.07, 6.45) is 1.28. The molecule has 0 aliphatic rings. The van der Waals surface area contributed by atoms with Crippen LogP contribution < -0.4 is 4.90 Å². The molecule has 2 heterocycles. The second-order valence-corrected chi connectivity index (χ2v) is 9.59. The second-order valence-electron chi connectivity index (χ2n) is 6.93. The molecule has 0 bridgehead atoms. The van der Waals surface area contributed by atoms with Gasteiger partial charge in [-0.3, -0.25) is 4.79 Å². The van der Waals surface area contributed by atoms with Gasteiger partial charge in [-0.15, -0.1) is 11.3 Å². The summed E-state index contributed by atoms with van der Waals surface area (Å²) in [7, 11) is -2.22. The van der Waals surface area contributed by atoms with Crippen LogP contribution in [0.3, 0.4) is 0 Å². The summed E-state index contributed by atoms with van der Waals surface area (Å²) < 4.78 is 41.8. The molecule has 0 amide bonds. The number of carbonyl (C=O) groups is 1. The molecule has 7 nitrogen and oxygen atoms in total. The van der Waals surface area contributed by atoms with Gasteiger partial charge in [-0.05, 0) is 55.0 Å². The molecule has 160 valence electrons. The maximum atomic E-state index is 13.8. The van der Waals surface area contributed by atoms with Crippen LogP contribution in [0.4, 0.5) is 15.2 Å². The fraction of sp³-hybridized carbons (Fsp3) is 0.143. The number of aromatic nitrogens is 2. The maximum absolute atomic E-state index is 13.8. The predicted octanol–water partition coefficient (Wildman–Crippen LogP) is 4.18. The third-order valence-corrected chi connectivity index (χ3v) is 7.71. The summed E-state index contributed by atoms with van der Waals surface area (Å²) in [6.45, 7) is 1.53. The molecule has 31 heavy (non-hydrogen) atoms. The molecule has 0 fully saturated rings. The highest BCUT2D eigenvalue weighted by Crippen LogP contribution is 2.32. The number of carboxylic acids is 1. The van der Waals surface area contributed by atoms with E-state index in [-0.39, 0.29) is 27.1 Å². The van der Waals surface area contributed by atoms with Crippen LogP contribution in [0.5, 0.6) is 0 Å². The molecule has 2 aromatic carbocycles. The van der Waals surface area contributed by atoms with Gasteiger partial charge < -0.3 is 10.0 Å². The number of nitrogens with zero attached hydrogens (tertiary/aromatic N) is 3. The van der Waals surface area contributed by atoms with E-state index in [4.69, 9.17) is 0 Å². The number of thiazole rings is 1. The Morgan fingerprint density at radius 3 is 2.55 bits per heavy atom. The summed E-state index contributed by atoms with van der Waals surface area (Å²) in [5.41, 5.74) is 1.51. The molecule has 4 aromatic rings. The van der Waals surface area contributed by atoms with Crippen molar-refractivity contribution in [2.75, 3.05) is 11.9 Å². The molecular weight excluding hydrogens is 441 g/mol. The van der Waals surface area contributed by atoms with E-state index in [1.54, 1.807) is 18.3 Å². The van der Waals surface area contributed by atoms with Gasteiger partial charge in [-0.1, -0.05) is 0 Å². The van der Waals surface area contributed by atoms with Crippen LogP contribution in [-0.4, -0.2) is 35.5 Å². The van der Waals surface area contributed by atoms with Gasteiger partial charge in [0.05, 0.1) is 16.8 Å². The van der Waals surface area contributed by atoms with Crippen LogP contribution >= 0.6 is 11.3 Å². The van der Waals surface area contributed by atoms with Gasteiger partial charge >= 0.3 is 5.97 Å². The molecular formula is C21H18FN3O4S2. The van der Waals surface area contributed by atoms with Gasteiger partial charge in [0.15, 0.2) is 5.13 Å². The van der Waals surface area contributed by atoms with E-state index in [0.29, 0.717) is 0 Å². The number of carboxylic acid groups (broad SMARTS) is 1. The SMILES string of the molecule is Cc1c(CC(=O)O)c2cc(F)ccc2n1S(=O)(=O)c1ccc(N(C)c2nccs2)cc1. The Kier molecular flexibility index (Phi) is 5.28. The van der Waals surface area contributed by atoms with Crippen LogP contribution in [-0.2, 0) is 21.2 Å². The molecule has 0 saturated heterocycles. The lowest BCUT2D eigenvalue weighted by Gasteiger charge is -2.16. The normalized spacial score (nSPS) is 11.7. The Labute approximate surface area is 182 Å². The molecule has 4 rings (SSSR count). The summed E-state index contributed by atoms with van der Waals surface area (Å²) in [5.74, 6) is -1.69. The van der Waals surface area contributed by atoms with Gasteiger partial charge in [0.25, 0.3) is 10.0 Å². The van der Waals surface area contributed by atoms with Crippen LogP contribution in [0.15, 0.2) is 58.9 Å². The van der Waals surface area contributed by atoms with Crippen molar-refractivity contribution in [3.8, 4) is 0 Å². The molecule has 1 N–H and O–H groups in total. The van der Waals surface area contributed by atoms with Crippen LogP contribution in [0.2, 0.25) is 0 Å². The fourth-order valence-corrected chi connectivity index (χ4v) is 5.76. The Hall–Kier alpha value is -3.24. The maximum Gasteiger partial charge on any atom is 0.307 e. The zero-order valence-corrected chi connectivity index (χ0v) is 18.2. The van der Waals surface area contributed by atoms with Gasteiger partial charge in [-0.2, -0.15) is 0 Å². The van der Waals surface area contributed by atoms with Crippen molar-refractivity contribution < 1.29 is 22.7 Å². The molecule has 0 atom stereocenters. The molecule has 10 heteroatoms. The minimum Gasteiger partial charge on any atom is -0.481 e. The highest BCUT2D eigenvalue weighted by atomic mass is 32.2. The number of benzene rings is 2. The third-order valence-electron chi connectivity index (χ3n) is 5.04. The van der Waals surface area contributed by atoms with E-state index in [0.717, 1.165) is 20.9 Å². The van der Waals surface area contributed by atoms with E-state index in [1.807, 2.05) is 17.3 Å². The summed E-state index contributed by atoms with van der Waals surface area (Å²) >= 11 is 1.46. The van der Waals surface area contributed by atoms with Crippen LogP contribution in [0.25, 0.3) is 10.9 Å². The van der Waals surface area contributed by atoms with Crippen molar-refractivity contribution in [2.24, 2.45) is 0 Å². The number of anilines is 2. The first-order valence-electron chi connectivity index (χ1n) is 9.20. The second kappa shape index (κ2) is 7.78. The summed E-state index contributed by atoms with van der Waals surface area (Å²) in [5, 5.41) is 12.1. The number of aliphatic carboxylic acids is 1. The highest BCUT2D eigenvalue weighted by Gasteiger charge is 2.26. The van der Waals surface area contributed by atoms with Gasteiger partial charge in [-0.25, -0.2) is 21.8 Å². The van der Waals surface area contributed by atoms with E-state index < -0.39 is 28.2 Å². The number of hydrogen-bond acceptors (Lipinski definition) is 6. The van der Waals surface area contributed by atoms with Gasteiger partial charge in [0.1, 0.15) is 5.82 Å². The first-order chi connectivity index (χ1) is 14.7. The van der Waals surface area contributed by atoms with Gasteiger partial charge in [0, 0.05) is 35.4 Å². The van der Waals surface area contributed by atoms with Crippen molar-refractivity contribution in [2.45, 2.75) is 18.2 Å². The molecule has 2 aromatic heterocycles. The Balaban J connectivity index is 1.82. The fourth-order valence-electron chi connectivity index (χ4n) is 3.55. The quantitative estimate of drug-likeness (QED) is 0.465. The zero-order chi connectivity index (χ0) is 22.3. The first kappa shape index (κ1) is 21.0. The van der Waals surface area contributed by atoms with E-state index in [1.165, 1.54) is 42.5 Å². The largest absolute Gasteiger partial charge is 0.481 e. The minimum atomic E-state index is -4.05. The lowest BCUT2D eigenvalue weighted by Crippen LogP contribution is -2.15. The molecule has 0 radical (unpaired) electrons. The first-order valence-corrected chi connectivity index (χ1v) is 11.5. The lowest BCUT2D eigenvalue weighted by atomic mass is 10.1. The van der Waals surface area contributed by atoms with Crippen LogP contribution in [0.1, 0.15) is 11.3 Å². The Bertz CT molecular complexity index is 1380. The molecule has 0 unspecified atom stereocenters. The van der Waals surface area contributed by atoms with Crippen molar-refractivity contribution in [3.05, 3.63) is 71.1 Å². The third kappa shape index (κ3) is 3.68. The van der Waals surface area contributed by atoms with E-state index >= 15 is 0 Å². The molecule has 0 saturated carbocycles. The number of halogens is 1. The van der Waals surface area contributed by atoms with E-state index in [9.17, 15) is 22.7 Å². The summed E-state index contributed by atoms with van der Waals surface area (Å²) in [4.78, 5) is 17.4. The van der Waals surface area contributed by atoms with Crippen molar-refractivity contribution in [3.63, 3.8) is 0 Å². The zero-order valence-electron chi connectivity index (χ0n) is 16.6. The van der Waals surface area contributed by atoms with Gasteiger partial charge in [0.2, 0.25) is 0 Å². The topological polar surface area (TPSA) is 92.5 Å². The monoisotopic (exact) mass is 459 g/mol. The molecule has 0 spiro atoms. The number of fused-ring (bicyclic) bond motifs is 1. The van der Waals surface area contributed by atoms with Crippen molar-refractivity contribution in [1.82, 2.24) is 8.96 Å².